The summed E-state index contributed by atoms with van der Waals surface area (Å²) in [6.07, 6.45) is 7.40. The zero-order valence-electron chi connectivity index (χ0n) is 27.1. The smallest absolute Gasteiger partial charge is 0.296 e. The molecule has 1 N–H and O–H groups in total. The Bertz CT molecular complexity index is 1580. The number of alkyl halides is 2. The van der Waals surface area contributed by atoms with Crippen LogP contribution in [0.15, 0.2) is 54.6 Å². The van der Waals surface area contributed by atoms with Crippen LogP contribution in [0.1, 0.15) is 75.0 Å². The van der Waals surface area contributed by atoms with Crippen LogP contribution in [0.5, 0.6) is 0 Å². The number of nitrogens with zero attached hydrogens (tertiary/aromatic N) is 7. The Labute approximate surface area is 275 Å². The van der Waals surface area contributed by atoms with Gasteiger partial charge in [0, 0.05) is 38.1 Å². The number of nitrogens with one attached hydrogen (secondary N) is 1. The van der Waals surface area contributed by atoms with Crippen LogP contribution >= 0.6 is 0 Å². The Morgan fingerprint density at radius 1 is 0.766 bits per heavy atom. The molecule has 2 aromatic carbocycles. The van der Waals surface area contributed by atoms with Gasteiger partial charge in [0.05, 0.1) is 24.2 Å². The molecule has 0 amide bonds. The van der Waals surface area contributed by atoms with Crippen molar-refractivity contribution < 1.29 is 13.5 Å². The molecule has 0 radical (unpaired) electrons. The van der Waals surface area contributed by atoms with Gasteiger partial charge >= 0.3 is 0 Å². The molecule has 47 heavy (non-hydrogen) atoms. The maximum Gasteiger partial charge on any atom is 0.296 e. The van der Waals surface area contributed by atoms with E-state index in [0.29, 0.717) is 73.5 Å². The topological polar surface area (TPSA) is 84.2 Å². The highest BCUT2D eigenvalue weighted by atomic mass is 19.3. The molecular weight excluding hydrogens is 598 g/mol. The van der Waals surface area contributed by atoms with Gasteiger partial charge in [0.2, 0.25) is 11.9 Å². The highest BCUT2D eigenvalue weighted by Crippen LogP contribution is 2.30. The first-order valence-corrected chi connectivity index (χ1v) is 17.4. The number of imidazole rings is 1. The number of hydrogen-bond donors (Lipinski definition) is 1. The molecule has 9 nitrogen and oxygen atoms in total. The van der Waals surface area contributed by atoms with E-state index >= 15 is 0 Å². The Morgan fingerprint density at radius 2 is 1.47 bits per heavy atom. The summed E-state index contributed by atoms with van der Waals surface area (Å²) in [5, 5.41) is 4.00. The summed E-state index contributed by atoms with van der Waals surface area (Å²) in [5.41, 5.74) is 2.46. The first-order valence-electron chi connectivity index (χ1n) is 17.4. The van der Waals surface area contributed by atoms with Gasteiger partial charge in [-0.15, -0.1) is 0 Å². The van der Waals surface area contributed by atoms with Crippen molar-refractivity contribution in [3.8, 4) is 5.95 Å². The van der Waals surface area contributed by atoms with Crippen LogP contribution in [-0.2, 0) is 17.7 Å². The van der Waals surface area contributed by atoms with Gasteiger partial charge in [-0.05, 0) is 81.6 Å². The molecule has 2 aliphatic heterocycles. The van der Waals surface area contributed by atoms with E-state index < -0.39 is 6.43 Å². The van der Waals surface area contributed by atoms with Crippen LogP contribution in [0, 0.1) is 5.92 Å². The van der Waals surface area contributed by atoms with E-state index in [9.17, 15) is 8.78 Å². The summed E-state index contributed by atoms with van der Waals surface area (Å²) in [7, 11) is 0. The predicted octanol–water partition coefficient (Wildman–Crippen LogP) is 6.12. The summed E-state index contributed by atoms with van der Waals surface area (Å²) in [6, 6.07) is 19.2. The molecule has 4 heterocycles. The van der Waals surface area contributed by atoms with Crippen LogP contribution in [0.25, 0.3) is 17.0 Å². The molecule has 250 valence electrons. The number of aryl methyl sites for hydroxylation is 1. The molecule has 2 saturated heterocycles. The second kappa shape index (κ2) is 15.1. The number of hydrogen-bond acceptors (Lipinski definition) is 8. The SMILES string of the molecule is FC(F)c1nc2ccccc2n1-c1nc(CCCC2CCC(NC3CCN(Cc4ccccc4)CC3)CC2)nc(N2CCOCC2)n1. The first-order chi connectivity index (χ1) is 23.1. The first kappa shape index (κ1) is 32.0. The lowest BCUT2D eigenvalue weighted by atomic mass is 9.82. The average molecular weight is 645 g/mol. The van der Waals surface area contributed by atoms with Crippen LogP contribution in [0.3, 0.4) is 0 Å². The number of fused-ring (bicyclic) bond motifs is 1. The van der Waals surface area contributed by atoms with Gasteiger partial charge in [-0.25, -0.2) is 13.8 Å². The van der Waals surface area contributed by atoms with Gasteiger partial charge in [-0.2, -0.15) is 15.0 Å². The van der Waals surface area contributed by atoms with Crippen molar-refractivity contribution >= 4 is 17.0 Å². The molecule has 0 unspecified atom stereocenters. The molecule has 0 bridgehead atoms. The number of para-hydroxylation sites is 2. The Kier molecular flexibility index (Phi) is 10.3. The summed E-state index contributed by atoms with van der Waals surface area (Å²) >= 11 is 0. The predicted molar refractivity (Wildman–Crippen MR) is 179 cm³/mol. The Morgan fingerprint density at radius 3 is 2.23 bits per heavy atom. The third-order valence-corrected chi connectivity index (χ3v) is 10.1. The third-order valence-electron chi connectivity index (χ3n) is 10.1. The van der Waals surface area contributed by atoms with Gasteiger partial charge in [0.15, 0.2) is 5.82 Å². The molecular formula is C36H46F2N8O. The van der Waals surface area contributed by atoms with E-state index in [1.165, 1.54) is 48.7 Å². The van der Waals surface area contributed by atoms with Crippen molar-refractivity contribution in [2.45, 2.75) is 82.8 Å². The highest BCUT2D eigenvalue weighted by Gasteiger charge is 2.27. The lowest BCUT2D eigenvalue weighted by Gasteiger charge is -2.37. The number of rotatable bonds is 11. The molecule has 0 spiro atoms. The molecule has 1 saturated carbocycles. The lowest BCUT2D eigenvalue weighted by molar-refractivity contribution is 0.122. The fourth-order valence-corrected chi connectivity index (χ4v) is 7.51. The molecule has 11 heteroatoms. The number of halogens is 2. The Hall–Kier alpha value is -3.54. The number of morpholine rings is 1. The molecule has 1 aliphatic carbocycles. The van der Waals surface area contributed by atoms with E-state index in [-0.39, 0.29) is 11.8 Å². The van der Waals surface area contributed by atoms with Crippen LogP contribution in [-0.4, -0.2) is 80.9 Å². The summed E-state index contributed by atoms with van der Waals surface area (Å²) in [6.45, 7) is 5.84. The third kappa shape index (κ3) is 7.96. The molecule has 7 rings (SSSR count). The van der Waals surface area contributed by atoms with Crippen molar-refractivity contribution in [1.29, 1.82) is 0 Å². The van der Waals surface area contributed by atoms with Crippen molar-refractivity contribution in [2.75, 3.05) is 44.3 Å². The minimum atomic E-state index is -2.76. The standard InChI is InChI=1S/C36H46F2N8O/c37-33(38)34-40-30-10-4-5-11-31(30)46(34)36-42-32(41-35(43-36)45-21-23-47-24-22-45)12-6-9-26-13-15-28(16-14-26)39-29-17-19-44(20-18-29)25-27-7-2-1-3-8-27/h1-5,7-8,10-11,26,28-29,33,39H,6,9,12-25H2. The quantitative estimate of drug-likeness (QED) is 0.209. The number of aromatic nitrogens is 5. The van der Waals surface area contributed by atoms with Crippen molar-refractivity contribution in [3.63, 3.8) is 0 Å². The zero-order chi connectivity index (χ0) is 32.0. The van der Waals surface area contributed by atoms with Gasteiger partial charge in [-0.1, -0.05) is 48.9 Å². The summed E-state index contributed by atoms with van der Waals surface area (Å²) in [5.74, 6) is 1.72. The number of likely N-dealkylation sites (tertiary alicyclic amines) is 1. The molecule has 0 atom stereocenters. The molecule has 4 aromatic rings. The maximum atomic E-state index is 14.2. The van der Waals surface area contributed by atoms with E-state index in [2.05, 4.69) is 50.4 Å². The average Bonchev–Trinajstić information content (AvgIpc) is 3.51. The number of benzene rings is 2. The fraction of sp³-hybridized carbons (Fsp3) is 0.556. The summed E-state index contributed by atoms with van der Waals surface area (Å²) in [4.78, 5) is 23.1. The maximum absolute atomic E-state index is 14.2. The van der Waals surface area contributed by atoms with Crippen LogP contribution in [0.2, 0.25) is 0 Å². The van der Waals surface area contributed by atoms with E-state index in [1.807, 2.05) is 6.07 Å². The number of piperidine rings is 1. The van der Waals surface area contributed by atoms with E-state index in [4.69, 9.17) is 19.7 Å². The number of anilines is 1. The van der Waals surface area contributed by atoms with Crippen molar-refractivity contribution in [1.82, 2.24) is 34.7 Å². The Balaban J connectivity index is 0.937. The fourth-order valence-electron chi connectivity index (χ4n) is 7.51. The highest BCUT2D eigenvalue weighted by molar-refractivity contribution is 5.77. The van der Waals surface area contributed by atoms with Crippen molar-refractivity contribution in [3.05, 3.63) is 71.8 Å². The molecule has 2 aromatic heterocycles. The normalized spacial score (nSPS) is 21.6. The van der Waals surface area contributed by atoms with E-state index in [0.717, 1.165) is 32.5 Å². The van der Waals surface area contributed by atoms with Gasteiger partial charge in [0.1, 0.15) is 5.82 Å². The monoisotopic (exact) mass is 644 g/mol. The summed E-state index contributed by atoms with van der Waals surface area (Å²) < 4.78 is 35.3. The van der Waals surface area contributed by atoms with Gasteiger partial charge in [0.25, 0.3) is 6.43 Å². The van der Waals surface area contributed by atoms with Crippen molar-refractivity contribution in [2.24, 2.45) is 5.92 Å². The second-order valence-corrected chi connectivity index (χ2v) is 13.4. The number of ether oxygens (including phenoxy) is 1. The second-order valence-electron chi connectivity index (χ2n) is 13.4. The lowest BCUT2D eigenvalue weighted by Crippen LogP contribution is -2.46. The minimum absolute atomic E-state index is 0.206. The van der Waals surface area contributed by atoms with Crippen LogP contribution in [0.4, 0.5) is 14.7 Å². The van der Waals surface area contributed by atoms with Crippen LogP contribution < -0.4 is 10.2 Å². The van der Waals surface area contributed by atoms with Gasteiger partial charge < -0.3 is 15.0 Å². The molecule has 3 aliphatic rings. The minimum Gasteiger partial charge on any atom is -0.378 e. The largest absolute Gasteiger partial charge is 0.378 e. The van der Waals surface area contributed by atoms with Gasteiger partial charge in [-0.3, -0.25) is 9.47 Å². The molecule has 3 fully saturated rings. The van der Waals surface area contributed by atoms with E-state index in [1.54, 1.807) is 18.2 Å². The zero-order valence-corrected chi connectivity index (χ0v) is 27.1.